The third-order valence-electron chi connectivity index (χ3n) is 5.80. The van der Waals surface area contributed by atoms with Crippen LogP contribution in [0.5, 0.6) is 5.75 Å². The second kappa shape index (κ2) is 12.0. The number of anilines is 1. The van der Waals surface area contributed by atoms with E-state index in [1.54, 1.807) is 0 Å². The monoisotopic (exact) mass is 478 g/mol. The molecule has 3 aromatic carbocycles. The first-order valence-electron chi connectivity index (χ1n) is 11.2. The summed E-state index contributed by atoms with van der Waals surface area (Å²) in [6.45, 7) is 1.27. The number of nitrogens with zero attached hydrogens (tertiary/aromatic N) is 1. The molecular weight excluding hydrogens is 448 g/mol. The average Bonchev–Trinajstić information content (AvgIpc) is 2.86. The Labute approximate surface area is 204 Å². The van der Waals surface area contributed by atoms with Crippen LogP contribution in [-0.2, 0) is 29.2 Å². The van der Waals surface area contributed by atoms with Crippen LogP contribution in [0.4, 0.5) is 5.69 Å². The van der Waals surface area contributed by atoms with Crippen LogP contribution in [0.3, 0.4) is 0 Å². The Kier molecular flexibility index (Phi) is 8.83. The molecule has 0 spiro atoms. The Balaban J connectivity index is 0.000000509. The van der Waals surface area contributed by atoms with Crippen molar-refractivity contribution in [2.45, 2.75) is 38.1 Å². The maximum Gasteiger partial charge on any atom is 0.414 e. The van der Waals surface area contributed by atoms with Crippen LogP contribution < -0.4 is 15.4 Å². The van der Waals surface area contributed by atoms with E-state index in [4.69, 9.17) is 30.3 Å². The van der Waals surface area contributed by atoms with E-state index in [9.17, 15) is 5.11 Å². The number of aliphatic hydroxyl groups excluding tert-OH is 1. The van der Waals surface area contributed by atoms with Gasteiger partial charge >= 0.3 is 11.9 Å². The zero-order valence-electron chi connectivity index (χ0n) is 19.5. The number of aliphatic carboxylic acids is 2. The van der Waals surface area contributed by atoms with Gasteiger partial charge in [0.1, 0.15) is 12.4 Å². The quantitative estimate of drug-likeness (QED) is 0.396. The SMILES string of the molecule is CN(Cc1ccccc1)c1c(OCc2ccccc2)ccc2c1CC[C@@H](N)[C@@H]2O.O=C(O)C(=O)O. The van der Waals surface area contributed by atoms with Crippen molar-refractivity contribution in [3.8, 4) is 5.75 Å². The highest BCUT2D eigenvalue weighted by Gasteiger charge is 2.29. The van der Waals surface area contributed by atoms with Crippen molar-refractivity contribution in [2.75, 3.05) is 11.9 Å². The molecule has 0 radical (unpaired) electrons. The number of ether oxygens (including phenoxy) is 1. The summed E-state index contributed by atoms with van der Waals surface area (Å²) >= 11 is 0. The molecule has 0 fully saturated rings. The molecule has 0 saturated carbocycles. The maximum atomic E-state index is 10.6. The van der Waals surface area contributed by atoms with Crippen LogP contribution in [0.1, 0.15) is 34.8 Å². The van der Waals surface area contributed by atoms with Crippen LogP contribution in [0.25, 0.3) is 0 Å². The minimum atomic E-state index is -1.82. The Hall–Kier alpha value is -3.88. The number of hydrogen-bond acceptors (Lipinski definition) is 6. The number of fused-ring (bicyclic) bond motifs is 1. The molecule has 35 heavy (non-hydrogen) atoms. The van der Waals surface area contributed by atoms with Gasteiger partial charge in [-0.15, -0.1) is 0 Å². The van der Waals surface area contributed by atoms with Crippen LogP contribution >= 0.6 is 0 Å². The number of nitrogens with two attached hydrogens (primary N) is 1. The van der Waals surface area contributed by atoms with E-state index in [-0.39, 0.29) is 6.04 Å². The number of rotatable bonds is 6. The van der Waals surface area contributed by atoms with Gasteiger partial charge in [0.2, 0.25) is 0 Å². The summed E-state index contributed by atoms with van der Waals surface area (Å²) in [4.78, 5) is 20.4. The molecule has 5 N–H and O–H groups in total. The number of hydrogen-bond donors (Lipinski definition) is 4. The Morgan fingerprint density at radius 3 is 2.09 bits per heavy atom. The topological polar surface area (TPSA) is 133 Å². The van der Waals surface area contributed by atoms with E-state index in [1.165, 1.54) is 5.56 Å². The third kappa shape index (κ3) is 6.81. The summed E-state index contributed by atoms with van der Waals surface area (Å²) in [6, 6.07) is 24.3. The van der Waals surface area contributed by atoms with Gasteiger partial charge in [0, 0.05) is 19.6 Å². The lowest BCUT2D eigenvalue weighted by Crippen LogP contribution is -2.34. The molecule has 0 amide bonds. The molecule has 0 heterocycles. The van der Waals surface area contributed by atoms with Crippen molar-refractivity contribution in [1.29, 1.82) is 0 Å². The van der Waals surface area contributed by atoms with E-state index < -0.39 is 18.0 Å². The standard InChI is InChI=1S/C25H28N2O2.C2H2O4/c1-27(16-18-8-4-2-5-9-18)24-20-12-14-22(26)25(28)21(20)13-15-23(24)29-17-19-10-6-3-7-11-19;3-1(4)2(5)6/h2-11,13,15,22,25,28H,12,14,16-17,26H2,1H3;(H,3,4)(H,5,6)/t22-,25-;/m1./s1. The number of carboxylic acid groups (broad SMARTS) is 2. The fourth-order valence-electron chi connectivity index (χ4n) is 4.08. The van der Waals surface area contributed by atoms with Crippen molar-refractivity contribution >= 4 is 17.6 Å². The lowest BCUT2D eigenvalue weighted by atomic mass is 9.84. The van der Waals surface area contributed by atoms with Crippen molar-refractivity contribution in [2.24, 2.45) is 5.73 Å². The van der Waals surface area contributed by atoms with E-state index in [0.717, 1.165) is 47.5 Å². The summed E-state index contributed by atoms with van der Waals surface area (Å²) in [5, 5.41) is 25.4. The number of benzene rings is 3. The minimum Gasteiger partial charge on any atom is -0.487 e. The first-order valence-corrected chi connectivity index (χ1v) is 11.2. The van der Waals surface area contributed by atoms with Crippen molar-refractivity contribution in [3.05, 3.63) is 95.1 Å². The number of aliphatic hydroxyl groups is 1. The Morgan fingerprint density at radius 2 is 1.51 bits per heavy atom. The van der Waals surface area contributed by atoms with Gasteiger partial charge < -0.3 is 30.7 Å². The highest BCUT2D eigenvalue weighted by atomic mass is 16.5. The Bertz CT molecular complexity index is 1130. The maximum absolute atomic E-state index is 10.6. The first kappa shape index (κ1) is 25.7. The largest absolute Gasteiger partial charge is 0.487 e. The van der Waals surface area contributed by atoms with Gasteiger partial charge in [-0.25, -0.2) is 9.59 Å². The highest BCUT2D eigenvalue weighted by molar-refractivity contribution is 6.27. The molecule has 0 saturated heterocycles. The molecule has 3 aromatic rings. The summed E-state index contributed by atoms with van der Waals surface area (Å²) in [5.74, 6) is -2.81. The van der Waals surface area contributed by atoms with Gasteiger partial charge in [-0.3, -0.25) is 0 Å². The second-order valence-electron chi connectivity index (χ2n) is 8.35. The molecule has 0 unspecified atom stereocenters. The van der Waals surface area contributed by atoms with Gasteiger partial charge in [0.15, 0.2) is 0 Å². The van der Waals surface area contributed by atoms with E-state index in [2.05, 4.69) is 48.3 Å². The second-order valence-corrected chi connectivity index (χ2v) is 8.35. The first-order chi connectivity index (χ1) is 16.8. The molecule has 0 aliphatic heterocycles. The fraction of sp³-hybridized carbons (Fsp3) is 0.259. The molecular formula is C27H30N2O6. The molecule has 8 heteroatoms. The zero-order chi connectivity index (χ0) is 25.4. The van der Waals surface area contributed by atoms with Gasteiger partial charge in [-0.1, -0.05) is 66.7 Å². The van der Waals surface area contributed by atoms with Gasteiger partial charge in [0.05, 0.1) is 11.8 Å². The third-order valence-corrected chi connectivity index (χ3v) is 5.80. The molecule has 8 nitrogen and oxygen atoms in total. The summed E-state index contributed by atoms with van der Waals surface area (Å²) < 4.78 is 6.26. The molecule has 184 valence electrons. The fourth-order valence-corrected chi connectivity index (χ4v) is 4.08. The molecule has 1 aliphatic rings. The van der Waals surface area contributed by atoms with Crippen LogP contribution in [0.15, 0.2) is 72.8 Å². The normalized spacial score (nSPS) is 16.3. The van der Waals surface area contributed by atoms with Crippen LogP contribution in [0.2, 0.25) is 0 Å². The average molecular weight is 479 g/mol. The van der Waals surface area contributed by atoms with Crippen molar-refractivity contribution in [1.82, 2.24) is 0 Å². The van der Waals surface area contributed by atoms with Crippen molar-refractivity contribution in [3.63, 3.8) is 0 Å². The molecule has 1 aliphatic carbocycles. The van der Waals surface area contributed by atoms with Gasteiger partial charge in [0.25, 0.3) is 0 Å². The molecule has 2 atom stereocenters. The molecule has 0 bridgehead atoms. The van der Waals surface area contributed by atoms with Gasteiger partial charge in [-0.2, -0.15) is 0 Å². The van der Waals surface area contributed by atoms with E-state index in [1.807, 2.05) is 36.4 Å². The van der Waals surface area contributed by atoms with Crippen LogP contribution in [0, 0.1) is 0 Å². The number of carbonyl (C=O) groups is 2. The van der Waals surface area contributed by atoms with Gasteiger partial charge in [-0.05, 0) is 41.2 Å². The minimum absolute atomic E-state index is 0.217. The molecule has 0 aromatic heterocycles. The zero-order valence-corrected chi connectivity index (χ0v) is 19.5. The lowest BCUT2D eigenvalue weighted by Gasteiger charge is -2.33. The predicted molar refractivity (Wildman–Crippen MR) is 132 cm³/mol. The predicted octanol–water partition coefficient (Wildman–Crippen LogP) is 3.36. The lowest BCUT2D eigenvalue weighted by molar-refractivity contribution is -0.159. The summed E-state index contributed by atoms with van der Waals surface area (Å²) in [7, 11) is 2.08. The number of carboxylic acids is 2. The van der Waals surface area contributed by atoms with Crippen molar-refractivity contribution < 1.29 is 29.6 Å². The van der Waals surface area contributed by atoms with Crippen LogP contribution in [-0.4, -0.2) is 40.3 Å². The van der Waals surface area contributed by atoms with E-state index >= 15 is 0 Å². The summed E-state index contributed by atoms with van der Waals surface area (Å²) in [6.07, 6.45) is 0.971. The Morgan fingerprint density at radius 1 is 0.943 bits per heavy atom. The smallest absolute Gasteiger partial charge is 0.414 e. The summed E-state index contributed by atoms with van der Waals surface area (Å²) in [5.41, 5.74) is 11.6. The van der Waals surface area contributed by atoms with E-state index in [0.29, 0.717) is 6.61 Å². The molecule has 4 rings (SSSR count). The highest BCUT2D eigenvalue weighted by Crippen LogP contribution is 2.41.